The molecule has 0 saturated heterocycles. The highest BCUT2D eigenvalue weighted by atomic mass is 32.1. The summed E-state index contributed by atoms with van der Waals surface area (Å²) in [6.07, 6.45) is 3.11. The maximum absolute atomic E-state index is 12.0. The Morgan fingerprint density at radius 3 is 2.32 bits per heavy atom. The quantitative estimate of drug-likeness (QED) is 0.576. The lowest BCUT2D eigenvalue weighted by Crippen LogP contribution is -2.32. The summed E-state index contributed by atoms with van der Waals surface area (Å²) in [4.78, 5) is 24.9. The molecule has 2 amide bonds. The van der Waals surface area contributed by atoms with Crippen LogP contribution >= 0.6 is 12.2 Å². The number of carbonyl (C=O) groups is 2. The number of benzene rings is 2. The molecule has 0 radical (unpaired) electrons. The Morgan fingerprint density at radius 1 is 1.11 bits per heavy atom. The van der Waals surface area contributed by atoms with E-state index in [0.29, 0.717) is 12.3 Å². The monoisotopic (exact) mass is 397 g/mol. The lowest BCUT2D eigenvalue weighted by molar-refractivity contribution is -0.116. The molecule has 7 heteroatoms. The predicted octanol–water partition coefficient (Wildman–Crippen LogP) is 3.59. The number of carbonyl (C=O) groups excluding carboxylic acids is 2. The van der Waals surface area contributed by atoms with Gasteiger partial charge in [0, 0.05) is 31.4 Å². The summed E-state index contributed by atoms with van der Waals surface area (Å²) in [5, 5.41) is 5.71. The van der Waals surface area contributed by atoms with Gasteiger partial charge in [0.1, 0.15) is 5.75 Å². The van der Waals surface area contributed by atoms with E-state index in [-0.39, 0.29) is 16.9 Å². The number of nitrogens with zero attached hydrogens (tertiary/aromatic N) is 1. The largest absolute Gasteiger partial charge is 0.494 e. The summed E-state index contributed by atoms with van der Waals surface area (Å²) in [7, 11) is 1.70. The van der Waals surface area contributed by atoms with Crippen LogP contribution in [0.3, 0.4) is 0 Å². The normalized spacial score (nSPS) is 10.4. The van der Waals surface area contributed by atoms with E-state index in [9.17, 15) is 9.59 Å². The fourth-order valence-electron chi connectivity index (χ4n) is 2.28. The fourth-order valence-corrected chi connectivity index (χ4v) is 2.50. The summed E-state index contributed by atoms with van der Waals surface area (Å²) < 4.78 is 5.38. The maximum atomic E-state index is 12.0. The van der Waals surface area contributed by atoms with Crippen molar-refractivity contribution in [3.8, 4) is 5.75 Å². The first kappa shape index (κ1) is 21.1. The molecule has 2 aromatic rings. The van der Waals surface area contributed by atoms with E-state index in [2.05, 4.69) is 10.6 Å². The average molecular weight is 398 g/mol. The van der Waals surface area contributed by atoms with Crippen molar-refractivity contribution in [2.24, 2.45) is 0 Å². The lowest BCUT2D eigenvalue weighted by Gasteiger charge is -2.15. The third-order valence-electron chi connectivity index (χ3n) is 3.84. The minimum atomic E-state index is -0.334. The number of hydrogen-bond acceptors (Lipinski definition) is 4. The van der Waals surface area contributed by atoms with Crippen LogP contribution in [0.4, 0.5) is 11.4 Å². The Balaban J connectivity index is 1.86. The molecule has 6 nitrogen and oxygen atoms in total. The van der Waals surface area contributed by atoms with Crippen LogP contribution in [0, 0.1) is 0 Å². The SMILES string of the molecule is CCOc1ccc(/C=C/C(=O)NC(=S)Nc2ccc(N(C)C(C)=O)cc2)cc1. The minimum Gasteiger partial charge on any atom is -0.494 e. The molecular formula is C21H23N3O3S. The summed E-state index contributed by atoms with van der Waals surface area (Å²) in [5.41, 5.74) is 2.36. The molecular weight excluding hydrogens is 374 g/mol. The van der Waals surface area contributed by atoms with Gasteiger partial charge in [0.05, 0.1) is 6.61 Å². The Bertz CT molecular complexity index is 861. The van der Waals surface area contributed by atoms with E-state index in [1.54, 1.807) is 37.4 Å². The second-order valence-corrected chi connectivity index (χ2v) is 6.31. The van der Waals surface area contributed by atoms with Crippen LogP contribution in [-0.2, 0) is 9.59 Å². The van der Waals surface area contributed by atoms with Crippen molar-refractivity contribution in [1.82, 2.24) is 5.32 Å². The summed E-state index contributed by atoms with van der Waals surface area (Å²) in [5.74, 6) is 0.400. The highest BCUT2D eigenvalue weighted by Crippen LogP contribution is 2.17. The third kappa shape index (κ3) is 6.51. The molecule has 0 aliphatic heterocycles. The van der Waals surface area contributed by atoms with Crippen molar-refractivity contribution in [2.75, 3.05) is 23.9 Å². The number of nitrogens with one attached hydrogen (secondary N) is 2. The summed E-state index contributed by atoms with van der Waals surface area (Å²) >= 11 is 5.16. The van der Waals surface area contributed by atoms with Crippen LogP contribution in [0.1, 0.15) is 19.4 Å². The summed E-state index contributed by atoms with van der Waals surface area (Å²) in [6.45, 7) is 4.03. The zero-order valence-electron chi connectivity index (χ0n) is 16.1. The van der Waals surface area contributed by atoms with Crippen LogP contribution in [-0.4, -0.2) is 30.6 Å². The van der Waals surface area contributed by atoms with E-state index in [1.165, 1.54) is 17.9 Å². The molecule has 0 heterocycles. The molecule has 0 spiro atoms. The van der Waals surface area contributed by atoms with Crippen LogP contribution in [0.5, 0.6) is 5.75 Å². The fraction of sp³-hybridized carbons (Fsp3) is 0.190. The molecule has 0 bridgehead atoms. The first-order valence-corrected chi connectivity index (χ1v) is 9.17. The van der Waals surface area contributed by atoms with Crippen molar-refractivity contribution in [1.29, 1.82) is 0 Å². The van der Waals surface area contributed by atoms with Crippen molar-refractivity contribution < 1.29 is 14.3 Å². The van der Waals surface area contributed by atoms with Crippen molar-refractivity contribution >= 4 is 46.6 Å². The smallest absolute Gasteiger partial charge is 0.250 e. The zero-order chi connectivity index (χ0) is 20.5. The lowest BCUT2D eigenvalue weighted by atomic mass is 10.2. The number of anilines is 2. The van der Waals surface area contributed by atoms with E-state index >= 15 is 0 Å². The van der Waals surface area contributed by atoms with Gasteiger partial charge in [0.25, 0.3) is 0 Å². The maximum Gasteiger partial charge on any atom is 0.250 e. The van der Waals surface area contributed by atoms with Gasteiger partial charge < -0.3 is 15.0 Å². The number of hydrogen-bond donors (Lipinski definition) is 2. The van der Waals surface area contributed by atoms with E-state index in [4.69, 9.17) is 17.0 Å². The van der Waals surface area contributed by atoms with E-state index < -0.39 is 0 Å². The Kier molecular flexibility index (Phi) is 7.71. The van der Waals surface area contributed by atoms with Crippen LogP contribution in [0.15, 0.2) is 54.6 Å². The van der Waals surface area contributed by atoms with Gasteiger partial charge in [-0.25, -0.2) is 0 Å². The summed E-state index contributed by atoms with van der Waals surface area (Å²) in [6, 6.07) is 14.6. The van der Waals surface area contributed by atoms with E-state index in [0.717, 1.165) is 17.0 Å². The Morgan fingerprint density at radius 2 is 1.75 bits per heavy atom. The minimum absolute atomic E-state index is 0.0530. The molecule has 2 aromatic carbocycles. The highest BCUT2D eigenvalue weighted by molar-refractivity contribution is 7.80. The number of thiocarbonyl (C=S) groups is 1. The molecule has 2 rings (SSSR count). The van der Waals surface area contributed by atoms with Gasteiger partial charge in [0.15, 0.2) is 5.11 Å². The van der Waals surface area contributed by atoms with Gasteiger partial charge in [-0.2, -0.15) is 0 Å². The molecule has 2 N–H and O–H groups in total. The number of ether oxygens (including phenoxy) is 1. The van der Waals surface area contributed by atoms with Gasteiger partial charge in [-0.1, -0.05) is 12.1 Å². The second kappa shape index (κ2) is 10.2. The predicted molar refractivity (Wildman–Crippen MR) is 117 cm³/mol. The average Bonchev–Trinajstić information content (AvgIpc) is 2.67. The van der Waals surface area contributed by atoms with E-state index in [1.807, 2.05) is 31.2 Å². The highest BCUT2D eigenvalue weighted by Gasteiger charge is 2.06. The van der Waals surface area contributed by atoms with Crippen LogP contribution in [0.25, 0.3) is 6.08 Å². The van der Waals surface area contributed by atoms with Gasteiger partial charge >= 0.3 is 0 Å². The third-order valence-corrected chi connectivity index (χ3v) is 4.04. The number of amides is 2. The van der Waals surface area contributed by atoms with Crippen molar-refractivity contribution in [3.05, 3.63) is 60.2 Å². The van der Waals surface area contributed by atoms with Crippen molar-refractivity contribution in [2.45, 2.75) is 13.8 Å². The van der Waals surface area contributed by atoms with Gasteiger partial charge in [0.2, 0.25) is 11.8 Å². The molecule has 0 aromatic heterocycles. The number of rotatable bonds is 6. The molecule has 0 atom stereocenters. The topological polar surface area (TPSA) is 70.7 Å². The van der Waals surface area contributed by atoms with Crippen molar-refractivity contribution in [3.63, 3.8) is 0 Å². The van der Waals surface area contributed by atoms with Crippen LogP contribution < -0.4 is 20.3 Å². The first-order chi connectivity index (χ1) is 13.4. The first-order valence-electron chi connectivity index (χ1n) is 8.76. The molecule has 0 fully saturated rings. The zero-order valence-corrected chi connectivity index (χ0v) is 16.9. The standard InChI is InChI=1S/C21H23N3O3S/c1-4-27-19-12-5-16(6-13-19)7-14-20(26)23-21(28)22-17-8-10-18(11-9-17)24(3)15(2)25/h5-14H,4H2,1-3H3,(H2,22,23,26,28)/b14-7+. The molecule has 0 aliphatic rings. The van der Waals surface area contributed by atoms with Gasteiger partial charge in [-0.05, 0) is 67.2 Å². The second-order valence-electron chi connectivity index (χ2n) is 5.90. The van der Waals surface area contributed by atoms with Gasteiger partial charge in [-0.3, -0.25) is 14.9 Å². The molecule has 146 valence electrons. The Labute approximate surface area is 170 Å². The molecule has 28 heavy (non-hydrogen) atoms. The molecule has 0 unspecified atom stereocenters. The Hall–Kier alpha value is -3.19. The molecule has 0 saturated carbocycles. The van der Waals surface area contributed by atoms with Gasteiger partial charge in [-0.15, -0.1) is 0 Å². The molecule has 0 aliphatic carbocycles. The van der Waals surface area contributed by atoms with Crippen LogP contribution in [0.2, 0.25) is 0 Å².